The van der Waals surface area contributed by atoms with Crippen molar-refractivity contribution in [2.24, 2.45) is 5.14 Å². The van der Waals surface area contributed by atoms with Crippen molar-refractivity contribution >= 4 is 22.0 Å². The molecule has 1 unspecified atom stereocenters. The zero-order valence-corrected chi connectivity index (χ0v) is 19.3. The van der Waals surface area contributed by atoms with Crippen LogP contribution in [0.3, 0.4) is 0 Å². The fourth-order valence-electron chi connectivity index (χ4n) is 3.18. The number of aliphatic hydroxyl groups is 2. The Morgan fingerprint density at radius 1 is 1.39 bits per heavy atom. The molecule has 3 rings (SSSR count). The highest BCUT2D eigenvalue weighted by Gasteiger charge is 2.33. The Hall–Kier alpha value is -1.94. The highest BCUT2D eigenvalue weighted by atomic mass is 32.2. The third-order valence-corrected chi connectivity index (χ3v) is 6.98. The first kappa shape index (κ1) is 25.7. The molecule has 0 radical (unpaired) electrons. The number of piperazine rings is 1. The van der Waals surface area contributed by atoms with Gasteiger partial charge in [0.1, 0.15) is 12.2 Å². The minimum Gasteiger partial charge on any atom is -0.472 e. The average molecular weight is 506 g/mol. The van der Waals surface area contributed by atoms with Crippen LogP contribution in [0.1, 0.15) is 24.2 Å². The molecular formula is C19H25F2N5O5S2. The summed E-state index contributed by atoms with van der Waals surface area (Å²) in [7, 11) is -4.03. The second kappa shape index (κ2) is 11.0. The van der Waals surface area contributed by atoms with Crippen molar-refractivity contribution in [3.05, 3.63) is 47.2 Å². The molecule has 1 saturated heterocycles. The summed E-state index contributed by atoms with van der Waals surface area (Å²) in [6.07, 6.45) is -2.02. The Balaban J connectivity index is 1.94. The van der Waals surface area contributed by atoms with Gasteiger partial charge in [0.25, 0.3) is 10.2 Å². The second-order valence-electron chi connectivity index (χ2n) is 7.36. The molecular weight excluding hydrogens is 480 g/mol. The smallest absolute Gasteiger partial charge is 0.277 e. The van der Waals surface area contributed by atoms with Gasteiger partial charge in [0, 0.05) is 37.0 Å². The van der Waals surface area contributed by atoms with Gasteiger partial charge in [-0.15, -0.1) is 0 Å². The van der Waals surface area contributed by atoms with Crippen molar-refractivity contribution in [2.45, 2.75) is 36.1 Å². The molecule has 2 heterocycles. The first-order valence-corrected chi connectivity index (χ1v) is 12.5. The van der Waals surface area contributed by atoms with Gasteiger partial charge in [-0.25, -0.2) is 18.9 Å². The highest BCUT2D eigenvalue weighted by Crippen LogP contribution is 2.29. The van der Waals surface area contributed by atoms with Gasteiger partial charge < -0.3 is 20.3 Å². The fourth-order valence-corrected chi connectivity index (χ4v) is 4.89. The second-order valence-corrected chi connectivity index (χ2v) is 9.81. The van der Waals surface area contributed by atoms with Crippen LogP contribution in [0.5, 0.6) is 5.88 Å². The molecule has 1 aliphatic rings. The molecule has 3 atom stereocenters. The molecule has 0 amide bonds. The molecule has 0 saturated carbocycles. The number of aliphatic hydroxyl groups excluding tert-OH is 2. The first-order valence-electron chi connectivity index (χ1n) is 10.0. The lowest BCUT2D eigenvalue weighted by atomic mass is 10.1. The summed E-state index contributed by atoms with van der Waals surface area (Å²) in [5, 5.41) is 27.5. The number of nitrogens with zero attached hydrogens (tertiary/aromatic N) is 3. The summed E-state index contributed by atoms with van der Waals surface area (Å²) >= 11 is 0.998. The van der Waals surface area contributed by atoms with E-state index in [9.17, 15) is 22.3 Å². The van der Waals surface area contributed by atoms with E-state index in [2.05, 4.69) is 15.3 Å². The number of rotatable bonds is 9. The number of aromatic nitrogens is 2. The minimum absolute atomic E-state index is 0.00310. The van der Waals surface area contributed by atoms with E-state index < -0.39 is 46.7 Å². The van der Waals surface area contributed by atoms with Crippen LogP contribution in [0.15, 0.2) is 29.4 Å². The highest BCUT2D eigenvalue weighted by molar-refractivity contribution is 7.98. The monoisotopic (exact) mass is 505 g/mol. The number of ether oxygens (including phenoxy) is 1. The van der Waals surface area contributed by atoms with Gasteiger partial charge in [0.2, 0.25) is 5.88 Å². The Morgan fingerprint density at radius 3 is 2.85 bits per heavy atom. The predicted molar refractivity (Wildman–Crippen MR) is 117 cm³/mol. The number of thioether (sulfide) groups is 1. The summed E-state index contributed by atoms with van der Waals surface area (Å²) in [5.74, 6) is -1.93. The summed E-state index contributed by atoms with van der Waals surface area (Å²) in [6.45, 7) is 1.74. The molecule has 182 valence electrons. The molecule has 1 fully saturated rings. The molecule has 33 heavy (non-hydrogen) atoms. The Kier molecular flexibility index (Phi) is 8.55. The standard InChI is InChI=1S/C19H25F2N5O5S2/c1-11(16(28)9-27)31-17-7-14(15-8-23-5-6-26(15)33(22,29)30)24-19(25-17)32-10-12-3-2-4-13(20)18(12)21/h2-4,7,11,15-16,23,27-28H,5-6,8-10H2,1H3,(H2,22,29,30)/t11-,15?,16+/m1/s1. The third-order valence-electron chi connectivity index (χ3n) is 4.99. The molecule has 0 spiro atoms. The van der Waals surface area contributed by atoms with E-state index in [1.54, 1.807) is 0 Å². The molecule has 10 nitrogen and oxygen atoms in total. The predicted octanol–water partition coefficient (Wildman–Crippen LogP) is 0.317. The molecule has 0 aliphatic carbocycles. The maximum atomic E-state index is 14.0. The van der Waals surface area contributed by atoms with Crippen molar-refractivity contribution in [2.75, 3.05) is 26.2 Å². The molecule has 1 aromatic heterocycles. The zero-order chi connectivity index (χ0) is 24.2. The Bertz CT molecular complexity index is 1080. The fraction of sp³-hybridized carbons (Fsp3) is 0.474. The molecule has 2 aromatic rings. The largest absolute Gasteiger partial charge is 0.472 e. The van der Waals surface area contributed by atoms with Gasteiger partial charge in [-0.05, 0) is 13.0 Å². The van der Waals surface area contributed by atoms with Gasteiger partial charge in [-0.2, -0.15) is 17.7 Å². The third kappa shape index (κ3) is 6.56. The summed E-state index contributed by atoms with van der Waals surface area (Å²) in [4.78, 5) is 8.64. The van der Waals surface area contributed by atoms with Crippen molar-refractivity contribution in [1.29, 1.82) is 0 Å². The van der Waals surface area contributed by atoms with E-state index in [1.807, 2.05) is 0 Å². The van der Waals surface area contributed by atoms with E-state index in [0.717, 1.165) is 22.1 Å². The van der Waals surface area contributed by atoms with Gasteiger partial charge in [-0.3, -0.25) is 0 Å². The Morgan fingerprint density at radius 2 is 2.15 bits per heavy atom. The van der Waals surface area contributed by atoms with Crippen molar-refractivity contribution in [3.8, 4) is 5.88 Å². The molecule has 1 aromatic carbocycles. The molecule has 5 N–H and O–H groups in total. The maximum Gasteiger partial charge on any atom is 0.277 e. The van der Waals surface area contributed by atoms with Crippen LogP contribution in [0.25, 0.3) is 0 Å². The minimum atomic E-state index is -4.03. The number of hydrogen-bond acceptors (Lipinski definition) is 9. The van der Waals surface area contributed by atoms with Gasteiger partial charge in [0.05, 0.1) is 18.3 Å². The maximum absolute atomic E-state index is 14.0. The average Bonchev–Trinajstić information content (AvgIpc) is 2.78. The van der Waals surface area contributed by atoms with Crippen LogP contribution in [-0.2, 0) is 16.0 Å². The van der Waals surface area contributed by atoms with Gasteiger partial charge in [0.15, 0.2) is 16.8 Å². The SMILES string of the molecule is C[C@@H](Oc1cc(C2CNCCN2S(N)(=O)=O)nc(SCc2cccc(F)c2F)n1)[C@@H](O)CO. The Labute approximate surface area is 194 Å². The topological polar surface area (TPSA) is 151 Å². The van der Waals surface area contributed by atoms with Crippen molar-refractivity contribution in [1.82, 2.24) is 19.6 Å². The van der Waals surface area contributed by atoms with E-state index in [0.29, 0.717) is 6.54 Å². The molecule has 14 heteroatoms. The van der Waals surface area contributed by atoms with Gasteiger partial charge in [-0.1, -0.05) is 23.9 Å². The molecule has 0 bridgehead atoms. The number of nitrogens with one attached hydrogen (secondary N) is 1. The number of nitrogens with two attached hydrogens (primary N) is 1. The van der Waals surface area contributed by atoms with Crippen LogP contribution in [-0.4, -0.2) is 71.4 Å². The zero-order valence-electron chi connectivity index (χ0n) is 17.7. The number of halogens is 2. The summed E-state index contributed by atoms with van der Waals surface area (Å²) < 4.78 is 58.5. The van der Waals surface area contributed by atoms with E-state index in [4.69, 9.17) is 15.0 Å². The quantitative estimate of drug-likeness (QED) is 0.279. The molecule has 1 aliphatic heterocycles. The van der Waals surface area contributed by atoms with E-state index in [-0.39, 0.29) is 41.1 Å². The van der Waals surface area contributed by atoms with Gasteiger partial charge >= 0.3 is 0 Å². The van der Waals surface area contributed by atoms with Crippen LogP contribution in [0.4, 0.5) is 8.78 Å². The lowest BCUT2D eigenvalue weighted by Crippen LogP contribution is -2.51. The lowest BCUT2D eigenvalue weighted by Gasteiger charge is -2.33. The van der Waals surface area contributed by atoms with Crippen LogP contribution in [0, 0.1) is 11.6 Å². The van der Waals surface area contributed by atoms with Crippen LogP contribution in [0.2, 0.25) is 0 Å². The normalized spacial score (nSPS) is 19.3. The van der Waals surface area contributed by atoms with Crippen molar-refractivity contribution in [3.63, 3.8) is 0 Å². The first-order chi connectivity index (χ1) is 15.6. The van der Waals surface area contributed by atoms with Crippen LogP contribution < -0.4 is 15.2 Å². The lowest BCUT2D eigenvalue weighted by molar-refractivity contribution is 0.00585. The van der Waals surface area contributed by atoms with E-state index in [1.165, 1.54) is 25.1 Å². The summed E-state index contributed by atoms with van der Waals surface area (Å²) in [6, 6.07) is 4.49. The number of benzene rings is 1. The number of hydrogen-bond donors (Lipinski definition) is 4. The summed E-state index contributed by atoms with van der Waals surface area (Å²) in [5.41, 5.74) is 0.375. The van der Waals surface area contributed by atoms with Crippen LogP contribution >= 0.6 is 11.8 Å². The van der Waals surface area contributed by atoms with Crippen molar-refractivity contribution < 1.29 is 32.1 Å². The van der Waals surface area contributed by atoms with E-state index >= 15 is 0 Å².